The summed E-state index contributed by atoms with van der Waals surface area (Å²) in [5, 5.41) is 23.6. The molecule has 0 aliphatic heterocycles. The molecule has 334 valence electrons. The van der Waals surface area contributed by atoms with Crippen LogP contribution in [0.25, 0.3) is 0 Å². The van der Waals surface area contributed by atoms with Gasteiger partial charge in [0.2, 0.25) is 5.91 Å². The smallest absolute Gasteiger partial charge is 0.306 e. The van der Waals surface area contributed by atoms with E-state index in [9.17, 15) is 19.8 Å². The molecule has 3 unspecified atom stereocenters. The summed E-state index contributed by atoms with van der Waals surface area (Å²) in [5.74, 6) is -0.479. The molecule has 1 amide bonds. The molecule has 0 radical (unpaired) electrons. The van der Waals surface area contributed by atoms with E-state index < -0.39 is 18.2 Å². The van der Waals surface area contributed by atoms with E-state index in [1.54, 1.807) is 0 Å². The number of nitrogens with one attached hydrogen (secondary N) is 1. The third kappa shape index (κ3) is 40.6. The van der Waals surface area contributed by atoms with Crippen molar-refractivity contribution < 1.29 is 24.5 Å². The van der Waals surface area contributed by atoms with Crippen LogP contribution in [0.15, 0.2) is 36.5 Å². The first-order valence-corrected chi connectivity index (χ1v) is 24.7. The highest BCUT2D eigenvalue weighted by atomic mass is 16.5. The number of esters is 1. The van der Waals surface area contributed by atoms with Crippen molar-refractivity contribution in [2.24, 2.45) is 0 Å². The van der Waals surface area contributed by atoms with Crippen molar-refractivity contribution in [3.8, 4) is 0 Å². The average Bonchev–Trinajstić information content (AvgIpc) is 3.20. The molecule has 0 heterocycles. The Morgan fingerprint density at radius 3 is 1.42 bits per heavy atom. The molecule has 0 aliphatic carbocycles. The third-order valence-electron chi connectivity index (χ3n) is 11.3. The zero-order valence-corrected chi connectivity index (χ0v) is 38.0. The van der Waals surface area contributed by atoms with E-state index in [-0.39, 0.29) is 24.9 Å². The lowest BCUT2D eigenvalue weighted by molar-refractivity contribution is -0.151. The summed E-state index contributed by atoms with van der Waals surface area (Å²) in [5.41, 5.74) is 0. The third-order valence-corrected chi connectivity index (χ3v) is 11.3. The van der Waals surface area contributed by atoms with Gasteiger partial charge in [-0.05, 0) is 44.9 Å². The van der Waals surface area contributed by atoms with Crippen LogP contribution >= 0.6 is 0 Å². The fourth-order valence-electron chi connectivity index (χ4n) is 7.55. The zero-order chi connectivity index (χ0) is 41.7. The van der Waals surface area contributed by atoms with Gasteiger partial charge in [0.25, 0.3) is 0 Å². The van der Waals surface area contributed by atoms with Crippen LogP contribution in [0.1, 0.15) is 252 Å². The summed E-state index contributed by atoms with van der Waals surface area (Å²) in [6.07, 6.45) is 52.0. The van der Waals surface area contributed by atoms with Crippen LogP contribution in [0.4, 0.5) is 0 Å². The maximum Gasteiger partial charge on any atom is 0.306 e. The van der Waals surface area contributed by atoms with Crippen molar-refractivity contribution in [1.29, 1.82) is 0 Å². The van der Waals surface area contributed by atoms with Crippen LogP contribution < -0.4 is 5.32 Å². The quantitative estimate of drug-likeness (QED) is 0.0324. The van der Waals surface area contributed by atoms with E-state index in [1.807, 2.05) is 0 Å². The Balaban J connectivity index is 4.57. The number of hydrogen-bond donors (Lipinski definition) is 3. The molecule has 0 rings (SSSR count). The minimum atomic E-state index is -0.785. The molecule has 0 bridgehead atoms. The lowest BCUT2D eigenvalue weighted by atomic mass is 10.0. The number of rotatable bonds is 44. The number of unbranched alkanes of at least 4 members (excludes halogenated alkanes) is 28. The van der Waals surface area contributed by atoms with Crippen molar-refractivity contribution in [1.82, 2.24) is 5.32 Å². The Labute approximate surface area is 353 Å². The molecule has 0 saturated carbocycles. The van der Waals surface area contributed by atoms with Gasteiger partial charge in [-0.1, -0.05) is 231 Å². The van der Waals surface area contributed by atoms with Gasteiger partial charge in [0.05, 0.1) is 25.2 Å². The molecule has 0 fully saturated rings. The number of allylic oxidation sites excluding steroid dienone is 6. The van der Waals surface area contributed by atoms with Crippen molar-refractivity contribution in [2.75, 3.05) is 6.61 Å². The van der Waals surface area contributed by atoms with Gasteiger partial charge in [-0.15, -0.1) is 0 Å². The predicted octanol–water partition coefficient (Wildman–Crippen LogP) is 14.5. The average molecular weight is 802 g/mol. The molecule has 0 aromatic heterocycles. The summed E-state index contributed by atoms with van der Waals surface area (Å²) < 4.78 is 5.92. The molecule has 0 saturated heterocycles. The fraction of sp³-hybridized carbons (Fsp3) is 0.843. The summed E-state index contributed by atoms with van der Waals surface area (Å²) in [6, 6.07) is -0.699. The van der Waals surface area contributed by atoms with Crippen LogP contribution in [-0.4, -0.2) is 46.9 Å². The Kier molecular flexibility index (Phi) is 43.6. The number of carbonyl (C=O) groups excluding carboxylic acids is 2. The lowest BCUT2D eigenvalue weighted by Crippen LogP contribution is -2.46. The topological polar surface area (TPSA) is 95.9 Å². The maximum absolute atomic E-state index is 13.2. The van der Waals surface area contributed by atoms with E-state index in [1.165, 1.54) is 141 Å². The van der Waals surface area contributed by atoms with Gasteiger partial charge in [-0.25, -0.2) is 0 Å². The largest absolute Gasteiger partial charge is 0.462 e. The van der Waals surface area contributed by atoms with Gasteiger partial charge in [0.15, 0.2) is 0 Å². The van der Waals surface area contributed by atoms with E-state index in [2.05, 4.69) is 62.5 Å². The standard InChI is InChI=1S/C51H95NO5/c1-4-7-10-13-16-19-21-23-25-27-29-32-35-38-41-44-51(56)57-47(42-39-36-33-31-28-26-24-22-20-17-14-11-8-5-2)45-50(55)52-48(46-53)49(54)43-40-37-34-30-18-15-12-9-6-3/h7,10,13,16,19,21,47-49,53-54H,4-6,8-9,11-12,14-15,17-18,20,22-46H2,1-3H3,(H,52,55)/b10-7+,16-13+,21-19+. The second kappa shape index (κ2) is 45.2. The molecule has 57 heavy (non-hydrogen) atoms. The normalized spacial score (nSPS) is 13.6. The first-order chi connectivity index (χ1) is 28.0. The number of aliphatic hydroxyl groups excluding tert-OH is 2. The van der Waals surface area contributed by atoms with Crippen LogP contribution in [0.2, 0.25) is 0 Å². The molecule has 0 spiro atoms. The monoisotopic (exact) mass is 802 g/mol. The van der Waals surface area contributed by atoms with Crippen molar-refractivity contribution in [3.63, 3.8) is 0 Å². The van der Waals surface area contributed by atoms with Gasteiger partial charge in [-0.2, -0.15) is 0 Å². The lowest BCUT2D eigenvalue weighted by Gasteiger charge is -2.24. The van der Waals surface area contributed by atoms with Gasteiger partial charge < -0.3 is 20.3 Å². The van der Waals surface area contributed by atoms with Crippen LogP contribution in [-0.2, 0) is 14.3 Å². The number of ether oxygens (including phenoxy) is 1. The Morgan fingerprint density at radius 2 is 0.947 bits per heavy atom. The summed E-state index contributed by atoms with van der Waals surface area (Å²) in [4.78, 5) is 26.1. The predicted molar refractivity (Wildman–Crippen MR) is 246 cm³/mol. The molecular formula is C51H95NO5. The van der Waals surface area contributed by atoms with Crippen molar-refractivity contribution in [2.45, 2.75) is 270 Å². The van der Waals surface area contributed by atoms with E-state index in [0.29, 0.717) is 19.3 Å². The van der Waals surface area contributed by atoms with Crippen LogP contribution in [0.3, 0.4) is 0 Å². The van der Waals surface area contributed by atoms with Gasteiger partial charge in [0, 0.05) is 6.42 Å². The SMILES string of the molecule is CC/C=C/C=C/C=C/CCCCCCCCCC(=O)OC(CCCCCCCCCCCCCCCC)CC(=O)NC(CO)C(O)CCCCCCCCCCC. The Hall–Kier alpha value is -1.92. The Morgan fingerprint density at radius 1 is 0.526 bits per heavy atom. The fourth-order valence-corrected chi connectivity index (χ4v) is 7.55. The second-order valence-electron chi connectivity index (χ2n) is 16.9. The Bertz CT molecular complexity index is 946. The highest BCUT2D eigenvalue weighted by Crippen LogP contribution is 2.18. The van der Waals surface area contributed by atoms with E-state index in [4.69, 9.17) is 4.74 Å². The van der Waals surface area contributed by atoms with E-state index in [0.717, 1.165) is 64.2 Å². The minimum absolute atomic E-state index is 0.0762. The van der Waals surface area contributed by atoms with Gasteiger partial charge in [0.1, 0.15) is 6.10 Å². The molecule has 6 heteroatoms. The molecule has 0 aliphatic rings. The molecule has 3 N–H and O–H groups in total. The zero-order valence-electron chi connectivity index (χ0n) is 38.0. The van der Waals surface area contributed by atoms with Crippen LogP contribution in [0, 0.1) is 0 Å². The molecule has 3 atom stereocenters. The molecule has 0 aromatic carbocycles. The van der Waals surface area contributed by atoms with Gasteiger partial charge >= 0.3 is 5.97 Å². The van der Waals surface area contributed by atoms with E-state index >= 15 is 0 Å². The summed E-state index contributed by atoms with van der Waals surface area (Å²) in [7, 11) is 0. The number of amides is 1. The van der Waals surface area contributed by atoms with Crippen molar-refractivity contribution in [3.05, 3.63) is 36.5 Å². The van der Waals surface area contributed by atoms with Crippen LogP contribution in [0.5, 0.6) is 0 Å². The summed E-state index contributed by atoms with van der Waals surface area (Å²) >= 11 is 0. The highest BCUT2D eigenvalue weighted by molar-refractivity contribution is 5.77. The molecule has 0 aromatic rings. The second-order valence-corrected chi connectivity index (χ2v) is 16.9. The number of hydrogen-bond acceptors (Lipinski definition) is 5. The highest BCUT2D eigenvalue weighted by Gasteiger charge is 2.24. The first-order valence-electron chi connectivity index (χ1n) is 24.7. The number of aliphatic hydroxyl groups is 2. The van der Waals surface area contributed by atoms with Crippen molar-refractivity contribution >= 4 is 11.9 Å². The molecule has 6 nitrogen and oxygen atoms in total. The maximum atomic E-state index is 13.2. The molecular weight excluding hydrogens is 707 g/mol. The number of carbonyl (C=O) groups is 2. The summed E-state index contributed by atoms with van der Waals surface area (Å²) in [6.45, 7) is 6.34. The van der Waals surface area contributed by atoms with Gasteiger partial charge in [-0.3, -0.25) is 9.59 Å². The first kappa shape index (κ1) is 55.1. The minimum Gasteiger partial charge on any atom is -0.462 e.